The third-order valence-corrected chi connectivity index (χ3v) is 6.48. The zero-order valence-corrected chi connectivity index (χ0v) is 17.2. The van der Waals surface area contributed by atoms with Crippen LogP contribution in [0.25, 0.3) is 0 Å². The van der Waals surface area contributed by atoms with Gasteiger partial charge in [0.1, 0.15) is 17.6 Å². The van der Waals surface area contributed by atoms with Crippen LogP contribution < -0.4 is 9.64 Å². The molecule has 2 aromatic heterocycles. The van der Waals surface area contributed by atoms with E-state index < -0.39 is 10.5 Å². The quantitative estimate of drug-likeness (QED) is 0.453. The van der Waals surface area contributed by atoms with E-state index in [0.717, 1.165) is 23.1 Å². The molecule has 4 heterocycles. The van der Waals surface area contributed by atoms with Crippen LogP contribution in [0.3, 0.4) is 0 Å². The van der Waals surface area contributed by atoms with Gasteiger partial charge in [0.2, 0.25) is 0 Å². The number of halogens is 1. The van der Waals surface area contributed by atoms with Gasteiger partial charge in [-0.3, -0.25) is 9.47 Å². The lowest BCUT2D eigenvalue weighted by Gasteiger charge is -2.27. The van der Waals surface area contributed by atoms with Crippen molar-refractivity contribution in [1.29, 1.82) is 0 Å². The molecule has 2 aliphatic heterocycles. The molecule has 2 aliphatic rings. The van der Waals surface area contributed by atoms with E-state index in [1.165, 1.54) is 23.2 Å². The molecule has 0 saturated carbocycles. The smallest absolute Gasteiger partial charge is 0.415 e. The van der Waals surface area contributed by atoms with Gasteiger partial charge < -0.3 is 19.8 Å². The maximum Gasteiger partial charge on any atom is 0.415 e. The first kappa shape index (κ1) is 18.9. The van der Waals surface area contributed by atoms with Crippen LogP contribution in [0.2, 0.25) is 0 Å². The summed E-state index contributed by atoms with van der Waals surface area (Å²) >= 11 is 1.63. The van der Waals surface area contributed by atoms with Crippen LogP contribution in [0.4, 0.5) is 21.0 Å². The summed E-state index contributed by atoms with van der Waals surface area (Å²) in [5.41, 5.74) is 1.43. The summed E-state index contributed by atoms with van der Waals surface area (Å²) in [4.78, 5) is 24.5. The third kappa shape index (κ3) is 3.29. The van der Waals surface area contributed by atoms with E-state index >= 15 is 0 Å². The van der Waals surface area contributed by atoms with E-state index in [1.54, 1.807) is 28.0 Å². The van der Waals surface area contributed by atoms with Gasteiger partial charge >= 0.3 is 11.8 Å². The van der Waals surface area contributed by atoms with Crippen LogP contribution in [-0.4, -0.2) is 43.6 Å². The topological polar surface area (TPSA) is 89.6 Å². The lowest BCUT2D eigenvalue weighted by atomic mass is 10.1. The number of ether oxygens (including phenoxy) is 1. The normalized spacial score (nSPS) is 20.1. The number of nitro groups is 1. The summed E-state index contributed by atoms with van der Waals surface area (Å²) < 4.78 is 20.8. The molecule has 3 aromatic rings. The van der Waals surface area contributed by atoms with Crippen molar-refractivity contribution in [2.75, 3.05) is 18.5 Å². The molecule has 0 N–H and O–H groups in total. The van der Waals surface area contributed by atoms with Crippen LogP contribution in [0.5, 0.6) is 6.01 Å². The molecule has 156 valence electrons. The molecule has 0 bridgehead atoms. The molecule has 0 aliphatic carbocycles. The van der Waals surface area contributed by atoms with Crippen molar-refractivity contribution in [3.05, 3.63) is 57.0 Å². The summed E-state index contributed by atoms with van der Waals surface area (Å²) in [6.45, 7) is 4.65. The van der Waals surface area contributed by atoms with Gasteiger partial charge in [-0.05, 0) is 36.1 Å². The number of hydrogen-bond donors (Lipinski definition) is 0. The fourth-order valence-electron chi connectivity index (χ4n) is 3.95. The lowest BCUT2D eigenvalue weighted by molar-refractivity contribution is -0.389. The summed E-state index contributed by atoms with van der Waals surface area (Å²) in [7, 11) is 1.92. The van der Waals surface area contributed by atoms with Crippen LogP contribution in [-0.2, 0) is 19.6 Å². The van der Waals surface area contributed by atoms with Crippen molar-refractivity contribution in [3.63, 3.8) is 0 Å². The number of rotatable bonds is 5. The van der Waals surface area contributed by atoms with Crippen molar-refractivity contribution >= 4 is 28.0 Å². The highest BCUT2D eigenvalue weighted by molar-refractivity contribution is 7.15. The molecule has 0 spiro atoms. The summed E-state index contributed by atoms with van der Waals surface area (Å²) in [6, 6.07) is 6.65. The second-order valence-corrected chi connectivity index (χ2v) is 8.93. The van der Waals surface area contributed by atoms with Gasteiger partial charge in [-0.25, -0.2) is 9.37 Å². The van der Waals surface area contributed by atoms with Crippen LogP contribution in [0.1, 0.15) is 17.5 Å². The second-order valence-electron chi connectivity index (χ2n) is 7.87. The fourth-order valence-corrected chi connectivity index (χ4v) is 5.05. The number of benzene rings is 1. The Morgan fingerprint density at radius 3 is 2.77 bits per heavy atom. The molecule has 0 fully saturated rings. The minimum Gasteiger partial charge on any atom is -0.436 e. The number of thiazole rings is 1. The fraction of sp³-hybridized carbons (Fsp3) is 0.368. The van der Waals surface area contributed by atoms with Crippen LogP contribution >= 0.6 is 11.3 Å². The first-order chi connectivity index (χ1) is 14.3. The highest BCUT2D eigenvalue weighted by atomic mass is 32.1. The van der Waals surface area contributed by atoms with Crippen molar-refractivity contribution < 1.29 is 14.1 Å². The van der Waals surface area contributed by atoms with Crippen molar-refractivity contribution in [2.45, 2.75) is 32.2 Å². The van der Waals surface area contributed by atoms with E-state index in [4.69, 9.17) is 9.72 Å². The Labute approximate surface area is 175 Å². The Morgan fingerprint density at radius 2 is 2.10 bits per heavy atom. The highest BCUT2D eigenvalue weighted by Crippen LogP contribution is 2.37. The molecule has 0 unspecified atom stereocenters. The molecule has 0 saturated heterocycles. The number of aromatic nitrogens is 3. The molecule has 11 heteroatoms. The minimum atomic E-state index is -0.517. The molecule has 9 nitrogen and oxygen atoms in total. The minimum absolute atomic E-state index is 0.197. The average molecular weight is 430 g/mol. The lowest BCUT2D eigenvalue weighted by Crippen LogP contribution is -2.43. The SMILES string of the molecule is CN(c1ccc(F)cc1)c1nc2c(s1)CN(C[C@@]1(C)Cn3cc([N+](=O)[O-])nc3O1)C2. The van der Waals surface area contributed by atoms with Crippen LogP contribution in [0.15, 0.2) is 30.5 Å². The Morgan fingerprint density at radius 1 is 1.33 bits per heavy atom. The summed E-state index contributed by atoms with van der Waals surface area (Å²) in [6.07, 6.45) is 1.42. The number of fused-ring (bicyclic) bond motifs is 2. The van der Waals surface area contributed by atoms with Gasteiger partial charge in [0, 0.05) is 42.2 Å². The van der Waals surface area contributed by atoms with Gasteiger partial charge in [-0.2, -0.15) is 0 Å². The summed E-state index contributed by atoms with van der Waals surface area (Å²) in [5.74, 6) is -0.457. The first-order valence-corrected chi connectivity index (χ1v) is 10.2. The highest BCUT2D eigenvalue weighted by Gasteiger charge is 2.42. The van der Waals surface area contributed by atoms with Gasteiger partial charge in [0.05, 0.1) is 12.2 Å². The van der Waals surface area contributed by atoms with Crippen molar-refractivity contribution in [1.82, 2.24) is 19.4 Å². The van der Waals surface area contributed by atoms with E-state index in [9.17, 15) is 14.5 Å². The van der Waals surface area contributed by atoms with E-state index in [-0.39, 0.29) is 11.6 Å². The standard InChI is InChI=1S/C19H19FN6O3S/c1-19(11-25-9-16(26(27)28)22-17(25)29-19)10-24-7-14-15(8-24)30-18(21-14)23(2)13-5-3-12(20)4-6-13/h3-6,9H,7-8,10-11H2,1-2H3/t19-/m0/s1. The zero-order chi connectivity index (χ0) is 21.0. The molecule has 30 heavy (non-hydrogen) atoms. The molecular weight excluding hydrogens is 411 g/mol. The monoisotopic (exact) mass is 430 g/mol. The Balaban J connectivity index is 1.24. The first-order valence-electron chi connectivity index (χ1n) is 9.40. The zero-order valence-electron chi connectivity index (χ0n) is 16.4. The van der Waals surface area contributed by atoms with E-state index in [0.29, 0.717) is 25.6 Å². The number of anilines is 2. The number of hydrogen-bond acceptors (Lipinski definition) is 8. The van der Waals surface area contributed by atoms with Crippen molar-refractivity contribution in [3.8, 4) is 6.01 Å². The molecule has 0 radical (unpaired) electrons. The van der Waals surface area contributed by atoms with E-state index in [2.05, 4.69) is 9.88 Å². The predicted molar refractivity (Wildman–Crippen MR) is 109 cm³/mol. The Bertz CT molecular complexity index is 1080. The van der Waals surface area contributed by atoms with Gasteiger partial charge in [-0.1, -0.05) is 11.3 Å². The van der Waals surface area contributed by atoms with E-state index in [1.807, 2.05) is 18.9 Å². The molecule has 1 aromatic carbocycles. The van der Waals surface area contributed by atoms with Gasteiger partial charge in [0.25, 0.3) is 0 Å². The molecular formula is C19H19FN6O3S. The largest absolute Gasteiger partial charge is 0.436 e. The maximum atomic E-state index is 13.2. The molecule has 5 rings (SSSR count). The van der Waals surface area contributed by atoms with Crippen molar-refractivity contribution in [2.24, 2.45) is 0 Å². The van der Waals surface area contributed by atoms with Crippen LogP contribution in [0, 0.1) is 15.9 Å². The average Bonchev–Trinajstić information content (AvgIpc) is 3.40. The third-order valence-electron chi connectivity index (χ3n) is 5.32. The molecule has 0 amide bonds. The molecule has 1 atom stereocenters. The number of imidazole rings is 1. The second kappa shape index (κ2) is 6.74. The maximum absolute atomic E-state index is 13.2. The Hall–Kier alpha value is -3.05. The van der Waals surface area contributed by atoms with Gasteiger partial charge in [-0.15, -0.1) is 0 Å². The predicted octanol–water partition coefficient (Wildman–Crippen LogP) is 3.32. The van der Waals surface area contributed by atoms with Gasteiger partial charge in [0.15, 0.2) is 5.13 Å². The Kier molecular flexibility index (Phi) is 4.26. The number of nitrogens with zero attached hydrogens (tertiary/aromatic N) is 6. The summed E-state index contributed by atoms with van der Waals surface area (Å²) in [5, 5.41) is 11.7.